The third-order valence-electron chi connectivity index (χ3n) is 3.01. The molecule has 1 fully saturated rings. The second kappa shape index (κ2) is 3.92. The predicted molar refractivity (Wildman–Crippen MR) is 64.6 cm³/mol. The monoisotopic (exact) mass is 252 g/mol. The molecule has 1 saturated carbocycles. The molecule has 0 radical (unpaired) electrons. The minimum Gasteiger partial charge on any atom is -0.212 e. The fourth-order valence-electron chi connectivity index (χ4n) is 2.44. The van der Waals surface area contributed by atoms with Crippen LogP contribution in [0.2, 0.25) is 0 Å². The van der Waals surface area contributed by atoms with Gasteiger partial charge in [0.2, 0.25) is 9.05 Å². The summed E-state index contributed by atoms with van der Waals surface area (Å²) in [5.41, 5.74) is 0.256. The van der Waals surface area contributed by atoms with Gasteiger partial charge in [-0.3, -0.25) is 0 Å². The molecule has 1 aliphatic rings. The van der Waals surface area contributed by atoms with Crippen LogP contribution in [0.5, 0.6) is 0 Å². The van der Waals surface area contributed by atoms with E-state index >= 15 is 0 Å². The predicted octanol–water partition coefficient (Wildman–Crippen LogP) is 3.55. The molecule has 0 aromatic carbocycles. The molecule has 4 heteroatoms. The minimum absolute atomic E-state index is 0.256. The average molecular weight is 253 g/mol. The van der Waals surface area contributed by atoms with Crippen molar-refractivity contribution in [2.45, 2.75) is 58.1 Å². The molecule has 1 unspecified atom stereocenters. The van der Waals surface area contributed by atoms with Gasteiger partial charge in [-0.15, -0.1) is 0 Å². The van der Waals surface area contributed by atoms with Gasteiger partial charge in [0.05, 0.1) is 4.75 Å². The van der Waals surface area contributed by atoms with Crippen molar-refractivity contribution in [3.63, 3.8) is 0 Å². The first-order valence-electron chi connectivity index (χ1n) is 5.50. The molecule has 0 aromatic heterocycles. The van der Waals surface area contributed by atoms with Crippen molar-refractivity contribution in [3.05, 3.63) is 0 Å². The Morgan fingerprint density at radius 1 is 1.33 bits per heavy atom. The van der Waals surface area contributed by atoms with Crippen LogP contribution in [0.1, 0.15) is 53.4 Å². The van der Waals surface area contributed by atoms with E-state index in [0.29, 0.717) is 5.92 Å². The Bertz CT molecular complexity index is 323. The highest BCUT2D eigenvalue weighted by Crippen LogP contribution is 2.51. The fourth-order valence-corrected chi connectivity index (χ4v) is 4.16. The molecule has 0 amide bonds. The largest absolute Gasteiger partial charge is 0.238 e. The molecule has 15 heavy (non-hydrogen) atoms. The van der Waals surface area contributed by atoms with E-state index in [4.69, 9.17) is 10.7 Å². The second-order valence-electron chi connectivity index (χ2n) is 6.19. The lowest BCUT2D eigenvalue weighted by atomic mass is 9.83. The fraction of sp³-hybridized carbons (Fsp3) is 1.00. The van der Waals surface area contributed by atoms with Gasteiger partial charge in [-0.1, -0.05) is 27.7 Å². The quantitative estimate of drug-likeness (QED) is 0.717. The standard InChI is InChI=1S/C11H21ClO2S/c1-9(7-10(2,3)4)8-11(5-6-11)15(12,13)14/h9H,5-8H2,1-4H3. The van der Waals surface area contributed by atoms with Crippen molar-refractivity contribution >= 4 is 19.7 Å². The third kappa shape index (κ3) is 3.63. The number of halogens is 1. The molecule has 1 rings (SSSR count). The number of hydrogen-bond donors (Lipinski definition) is 0. The first-order valence-corrected chi connectivity index (χ1v) is 7.81. The average Bonchev–Trinajstić information content (AvgIpc) is 2.61. The van der Waals surface area contributed by atoms with Crippen molar-refractivity contribution in [1.29, 1.82) is 0 Å². The molecular formula is C11H21ClO2S. The molecule has 0 N–H and O–H groups in total. The van der Waals surface area contributed by atoms with Gasteiger partial charge in [0.25, 0.3) is 0 Å². The Labute approximate surface area is 97.8 Å². The molecule has 0 aromatic rings. The Kier molecular flexibility index (Phi) is 3.48. The van der Waals surface area contributed by atoms with Gasteiger partial charge in [0.15, 0.2) is 0 Å². The summed E-state index contributed by atoms with van der Waals surface area (Å²) >= 11 is 0. The normalized spacial score (nSPS) is 22.5. The van der Waals surface area contributed by atoms with Crippen LogP contribution < -0.4 is 0 Å². The topological polar surface area (TPSA) is 34.1 Å². The Hall–Kier alpha value is 0.240. The van der Waals surface area contributed by atoms with Crippen molar-refractivity contribution in [3.8, 4) is 0 Å². The van der Waals surface area contributed by atoms with Gasteiger partial charge >= 0.3 is 0 Å². The summed E-state index contributed by atoms with van der Waals surface area (Å²) in [6.07, 6.45) is 3.25. The highest BCUT2D eigenvalue weighted by atomic mass is 35.7. The Morgan fingerprint density at radius 2 is 1.80 bits per heavy atom. The highest BCUT2D eigenvalue weighted by Gasteiger charge is 2.54. The van der Waals surface area contributed by atoms with Gasteiger partial charge in [0, 0.05) is 10.7 Å². The maximum atomic E-state index is 11.4. The summed E-state index contributed by atoms with van der Waals surface area (Å²) in [4.78, 5) is 0. The third-order valence-corrected chi connectivity index (χ3v) is 5.60. The van der Waals surface area contributed by atoms with E-state index in [1.165, 1.54) is 0 Å². The van der Waals surface area contributed by atoms with E-state index in [2.05, 4.69) is 27.7 Å². The maximum absolute atomic E-state index is 11.4. The zero-order valence-electron chi connectivity index (χ0n) is 10.0. The zero-order valence-corrected chi connectivity index (χ0v) is 11.6. The van der Waals surface area contributed by atoms with E-state index in [-0.39, 0.29) is 5.41 Å². The highest BCUT2D eigenvalue weighted by molar-refractivity contribution is 8.15. The molecule has 0 bridgehead atoms. The van der Waals surface area contributed by atoms with E-state index < -0.39 is 13.8 Å². The first kappa shape index (κ1) is 13.3. The number of hydrogen-bond acceptors (Lipinski definition) is 2. The lowest BCUT2D eigenvalue weighted by Crippen LogP contribution is -2.23. The van der Waals surface area contributed by atoms with Gasteiger partial charge < -0.3 is 0 Å². The van der Waals surface area contributed by atoms with Crippen molar-refractivity contribution < 1.29 is 8.42 Å². The van der Waals surface area contributed by atoms with Crippen molar-refractivity contribution in [2.24, 2.45) is 11.3 Å². The SMILES string of the molecule is CC(CC(C)(C)C)CC1(S(=O)(=O)Cl)CC1. The molecule has 0 aliphatic heterocycles. The van der Waals surface area contributed by atoms with Crippen LogP contribution in [0.15, 0.2) is 0 Å². The van der Waals surface area contributed by atoms with Crippen LogP contribution in [-0.4, -0.2) is 13.2 Å². The lowest BCUT2D eigenvalue weighted by Gasteiger charge is -2.25. The Morgan fingerprint density at radius 3 is 2.07 bits per heavy atom. The first-order chi connectivity index (χ1) is 6.56. The van der Waals surface area contributed by atoms with Crippen LogP contribution >= 0.6 is 10.7 Å². The maximum Gasteiger partial charge on any atom is 0.238 e. The smallest absolute Gasteiger partial charge is 0.212 e. The van der Waals surface area contributed by atoms with E-state index in [1.54, 1.807) is 0 Å². The molecule has 1 atom stereocenters. The van der Waals surface area contributed by atoms with E-state index in [1.807, 2.05) is 0 Å². The molecule has 0 spiro atoms. The van der Waals surface area contributed by atoms with Gasteiger partial charge in [-0.25, -0.2) is 8.42 Å². The summed E-state index contributed by atoms with van der Waals surface area (Å²) in [6.45, 7) is 8.65. The molecule has 90 valence electrons. The minimum atomic E-state index is -3.37. The van der Waals surface area contributed by atoms with E-state index in [9.17, 15) is 8.42 Å². The summed E-state index contributed by atoms with van der Waals surface area (Å²) in [6, 6.07) is 0. The lowest BCUT2D eigenvalue weighted by molar-refractivity contribution is 0.292. The van der Waals surface area contributed by atoms with Crippen LogP contribution in [0, 0.1) is 11.3 Å². The van der Waals surface area contributed by atoms with Crippen LogP contribution in [0.3, 0.4) is 0 Å². The Balaban J connectivity index is 2.57. The van der Waals surface area contributed by atoms with Gasteiger partial charge in [0.1, 0.15) is 0 Å². The van der Waals surface area contributed by atoms with E-state index in [0.717, 1.165) is 25.7 Å². The molecule has 0 heterocycles. The van der Waals surface area contributed by atoms with Crippen LogP contribution in [0.4, 0.5) is 0 Å². The van der Waals surface area contributed by atoms with Gasteiger partial charge in [-0.2, -0.15) is 0 Å². The van der Waals surface area contributed by atoms with Crippen molar-refractivity contribution in [2.75, 3.05) is 0 Å². The van der Waals surface area contributed by atoms with Crippen molar-refractivity contribution in [1.82, 2.24) is 0 Å². The summed E-state index contributed by atoms with van der Waals surface area (Å²) in [7, 11) is 2.11. The summed E-state index contributed by atoms with van der Waals surface area (Å²) in [5, 5.41) is 0. The zero-order chi connectivity index (χ0) is 11.9. The second-order valence-corrected chi connectivity index (χ2v) is 9.16. The van der Waals surface area contributed by atoms with Crippen LogP contribution in [0.25, 0.3) is 0 Å². The molecule has 1 aliphatic carbocycles. The van der Waals surface area contributed by atoms with Crippen LogP contribution in [-0.2, 0) is 9.05 Å². The molecule has 0 saturated heterocycles. The summed E-state index contributed by atoms with van der Waals surface area (Å²) < 4.78 is 22.2. The molecular weight excluding hydrogens is 232 g/mol. The summed E-state index contributed by atoms with van der Waals surface area (Å²) in [5.74, 6) is 0.418. The number of rotatable bonds is 4. The molecule has 2 nitrogen and oxygen atoms in total. The van der Waals surface area contributed by atoms with Gasteiger partial charge in [-0.05, 0) is 37.0 Å².